The third kappa shape index (κ3) is 7.47. The van der Waals surface area contributed by atoms with Crippen LogP contribution in [0.1, 0.15) is 22.8 Å². The molecule has 2 aromatic heterocycles. The van der Waals surface area contributed by atoms with Gasteiger partial charge in [-0.05, 0) is 11.1 Å². The van der Waals surface area contributed by atoms with Crippen LogP contribution in [0.2, 0.25) is 0 Å². The lowest BCUT2D eigenvalue weighted by molar-refractivity contribution is -2.00. The molecule has 8 nitrogen and oxygen atoms in total. The standard InChI is InChI=1S/C18H21N4S.ClHO4/c1-13-11-16(15-7-4-3-5-8-15)12-14(2)22(13)10-6-9-17-20-21-18(19)23-17;2-1(3,4)5/h3-5,7-8,11-12H,6,9-10H2,1-2H3,(H2,19,21);(H,2,3,4,5)/q+1;/p-1. The third-order valence-corrected chi connectivity index (χ3v) is 4.75. The van der Waals surface area contributed by atoms with Crippen molar-refractivity contribution < 1.29 is 33.4 Å². The lowest BCUT2D eigenvalue weighted by atomic mass is 10.0. The van der Waals surface area contributed by atoms with E-state index in [0.717, 1.165) is 24.4 Å². The van der Waals surface area contributed by atoms with E-state index in [9.17, 15) is 0 Å². The van der Waals surface area contributed by atoms with Crippen LogP contribution in [-0.2, 0) is 13.0 Å². The SMILES string of the molecule is Cc1cc(-c2ccccc2)cc(C)[n+]1CCCc1nnc(N)s1.[O-][Cl+3]([O-])([O-])[O-]. The van der Waals surface area contributed by atoms with E-state index in [1.165, 1.54) is 33.9 Å². The number of nitrogens with two attached hydrogens (primary N) is 1. The highest BCUT2D eigenvalue weighted by molar-refractivity contribution is 7.15. The molecule has 0 aliphatic carbocycles. The fourth-order valence-corrected chi connectivity index (χ4v) is 3.48. The van der Waals surface area contributed by atoms with Gasteiger partial charge in [-0.25, -0.2) is 23.2 Å². The first-order valence-electron chi connectivity index (χ1n) is 8.39. The maximum Gasteiger partial charge on any atom is 0.203 e. The fourth-order valence-electron chi connectivity index (χ4n) is 2.83. The Labute approximate surface area is 169 Å². The van der Waals surface area contributed by atoms with E-state index in [1.54, 1.807) is 0 Å². The number of benzene rings is 1. The minimum Gasteiger partial charge on any atom is -0.374 e. The van der Waals surface area contributed by atoms with Gasteiger partial charge >= 0.3 is 0 Å². The van der Waals surface area contributed by atoms with Gasteiger partial charge in [0, 0.05) is 38.8 Å². The minimum absolute atomic E-state index is 0.548. The second kappa shape index (κ2) is 9.87. The Morgan fingerprint density at radius 3 is 2.04 bits per heavy atom. The molecule has 0 bridgehead atoms. The molecule has 0 atom stereocenters. The normalized spacial score (nSPS) is 11.1. The summed E-state index contributed by atoms with van der Waals surface area (Å²) in [5.74, 6) is 0. The van der Waals surface area contributed by atoms with Crippen LogP contribution in [0, 0.1) is 24.1 Å². The summed E-state index contributed by atoms with van der Waals surface area (Å²) >= 11 is 1.48. The van der Waals surface area contributed by atoms with Crippen molar-refractivity contribution in [3.63, 3.8) is 0 Å². The molecule has 0 unspecified atom stereocenters. The van der Waals surface area contributed by atoms with Crippen LogP contribution in [0.4, 0.5) is 5.13 Å². The number of rotatable bonds is 5. The van der Waals surface area contributed by atoms with Crippen molar-refractivity contribution >= 4 is 16.5 Å². The van der Waals surface area contributed by atoms with E-state index >= 15 is 0 Å². The highest BCUT2D eigenvalue weighted by Gasteiger charge is 2.14. The van der Waals surface area contributed by atoms with E-state index in [0.29, 0.717) is 5.13 Å². The van der Waals surface area contributed by atoms with Gasteiger partial charge in [0.15, 0.2) is 11.4 Å². The van der Waals surface area contributed by atoms with Crippen molar-refractivity contribution in [2.75, 3.05) is 5.73 Å². The molecule has 0 saturated carbocycles. The van der Waals surface area contributed by atoms with Crippen LogP contribution in [-0.4, -0.2) is 10.2 Å². The van der Waals surface area contributed by atoms with Gasteiger partial charge in [0.05, 0.1) is 0 Å². The molecule has 3 aromatic rings. The fraction of sp³-hybridized carbons (Fsp3) is 0.278. The molecule has 0 fully saturated rings. The molecule has 0 spiro atoms. The quantitative estimate of drug-likeness (QED) is 0.493. The Hall–Kier alpha value is -2.14. The van der Waals surface area contributed by atoms with Gasteiger partial charge in [0.1, 0.15) is 11.6 Å². The molecule has 0 saturated heterocycles. The summed E-state index contributed by atoms with van der Waals surface area (Å²) < 4.78 is 36.3. The summed E-state index contributed by atoms with van der Waals surface area (Å²) in [6.07, 6.45) is 1.95. The molecule has 0 aliphatic rings. The van der Waals surface area contributed by atoms with Gasteiger partial charge in [0.2, 0.25) is 5.13 Å². The smallest absolute Gasteiger partial charge is 0.203 e. The predicted molar refractivity (Wildman–Crippen MR) is 94.2 cm³/mol. The van der Waals surface area contributed by atoms with Crippen LogP contribution in [0.3, 0.4) is 0 Å². The number of nitrogens with zero attached hydrogens (tertiary/aromatic N) is 3. The maximum absolute atomic E-state index is 8.49. The molecule has 1 aromatic carbocycles. The second-order valence-electron chi connectivity index (χ2n) is 6.06. The summed E-state index contributed by atoms with van der Waals surface area (Å²) in [5.41, 5.74) is 10.7. The molecule has 0 amide bonds. The first-order chi connectivity index (χ1) is 13.1. The lowest BCUT2D eigenvalue weighted by Gasteiger charge is -2.17. The Bertz CT molecular complexity index is 871. The van der Waals surface area contributed by atoms with Crippen molar-refractivity contribution in [1.29, 1.82) is 0 Å². The van der Waals surface area contributed by atoms with E-state index in [4.69, 9.17) is 24.4 Å². The van der Waals surface area contributed by atoms with Gasteiger partial charge in [-0.3, -0.25) is 0 Å². The molecule has 10 heteroatoms. The molecule has 28 heavy (non-hydrogen) atoms. The van der Waals surface area contributed by atoms with E-state index in [-0.39, 0.29) is 0 Å². The zero-order valence-corrected chi connectivity index (χ0v) is 17.1. The molecule has 150 valence electrons. The third-order valence-electron chi connectivity index (χ3n) is 3.94. The summed E-state index contributed by atoms with van der Waals surface area (Å²) in [4.78, 5) is 0. The van der Waals surface area contributed by atoms with Crippen molar-refractivity contribution in [3.8, 4) is 11.1 Å². The van der Waals surface area contributed by atoms with Gasteiger partial charge in [-0.1, -0.05) is 41.7 Å². The summed E-state index contributed by atoms with van der Waals surface area (Å²) in [5, 5.41) is 9.50. The van der Waals surface area contributed by atoms with Crippen LogP contribution < -0.4 is 28.9 Å². The molecular formula is C18H21ClN4O4S. The Morgan fingerprint density at radius 1 is 0.964 bits per heavy atom. The average molecular weight is 425 g/mol. The highest BCUT2D eigenvalue weighted by atomic mass is 35.7. The van der Waals surface area contributed by atoms with Crippen molar-refractivity contribution in [3.05, 3.63) is 58.9 Å². The minimum atomic E-state index is -4.94. The average Bonchev–Trinajstić information content (AvgIpc) is 3.02. The van der Waals surface area contributed by atoms with E-state index < -0.39 is 10.2 Å². The first kappa shape index (κ1) is 22.2. The summed E-state index contributed by atoms with van der Waals surface area (Å²) in [6, 6.07) is 15.0. The molecule has 2 N–H and O–H groups in total. The largest absolute Gasteiger partial charge is 0.374 e. The first-order valence-corrected chi connectivity index (χ1v) is 10.4. The summed E-state index contributed by atoms with van der Waals surface area (Å²) in [6.45, 7) is 5.32. The van der Waals surface area contributed by atoms with Crippen molar-refractivity contribution in [2.24, 2.45) is 0 Å². The number of hydrogen-bond donors (Lipinski definition) is 1. The number of aryl methyl sites for hydroxylation is 3. The van der Waals surface area contributed by atoms with Gasteiger partial charge in [-0.2, -0.15) is 0 Å². The van der Waals surface area contributed by atoms with Crippen molar-refractivity contribution in [2.45, 2.75) is 33.2 Å². The Morgan fingerprint density at radius 2 is 1.54 bits per heavy atom. The number of anilines is 1. The van der Waals surface area contributed by atoms with Gasteiger partial charge in [0.25, 0.3) is 0 Å². The molecule has 0 aliphatic heterocycles. The predicted octanol–water partition coefficient (Wildman–Crippen LogP) is -1.43. The molecule has 2 heterocycles. The van der Waals surface area contributed by atoms with E-state index in [2.05, 4.69) is 65.0 Å². The highest BCUT2D eigenvalue weighted by Crippen LogP contribution is 2.20. The number of halogens is 1. The molecular weight excluding hydrogens is 404 g/mol. The van der Waals surface area contributed by atoms with Crippen molar-refractivity contribution in [1.82, 2.24) is 10.2 Å². The monoisotopic (exact) mass is 424 g/mol. The number of pyridine rings is 1. The molecule has 0 radical (unpaired) electrons. The lowest BCUT2D eigenvalue weighted by Crippen LogP contribution is -2.68. The summed E-state index contributed by atoms with van der Waals surface area (Å²) in [7, 11) is -4.94. The van der Waals surface area contributed by atoms with Gasteiger partial charge in [-0.15, -0.1) is 20.4 Å². The van der Waals surface area contributed by atoms with E-state index in [1.807, 2.05) is 6.07 Å². The van der Waals surface area contributed by atoms with Crippen LogP contribution in [0.5, 0.6) is 0 Å². The number of aromatic nitrogens is 3. The maximum atomic E-state index is 8.49. The number of hydrogen-bond acceptors (Lipinski definition) is 8. The zero-order valence-electron chi connectivity index (χ0n) is 15.5. The zero-order chi connectivity index (χ0) is 20.7. The topological polar surface area (TPSA) is 148 Å². The Balaban J connectivity index is 0.000000500. The van der Waals surface area contributed by atoms with Crippen LogP contribution in [0.25, 0.3) is 11.1 Å². The second-order valence-corrected chi connectivity index (χ2v) is 7.91. The van der Waals surface area contributed by atoms with Gasteiger partial charge < -0.3 is 5.73 Å². The Kier molecular flexibility index (Phi) is 7.81. The number of nitrogen functional groups attached to an aromatic ring is 1. The molecule has 3 rings (SSSR count). The van der Waals surface area contributed by atoms with Crippen LogP contribution >= 0.6 is 11.3 Å². The van der Waals surface area contributed by atoms with Crippen LogP contribution in [0.15, 0.2) is 42.5 Å².